The average molecular weight is 256 g/mol. The Morgan fingerprint density at radius 1 is 1.05 bits per heavy atom. The van der Waals surface area contributed by atoms with Crippen molar-refractivity contribution in [2.45, 2.75) is 26.3 Å². The van der Waals surface area contributed by atoms with Gasteiger partial charge in [-0.25, -0.2) is 0 Å². The van der Waals surface area contributed by atoms with Crippen molar-refractivity contribution < 1.29 is 0 Å². The zero-order valence-electron chi connectivity index (χ0n) is 12.0. The van der Waals surface area contributed by atoms with E-state index < -0.39 is 0 Å². The van der Waals surface area contributed by atoms with E-state index in [9.17, 15) is 0 Å². The summed E-state index contributed by atoms with van der Waals surface area (Å²) in [5.74, 6) is 0. The Balaban J connectivity index is 2.34. The number of nitrogens with two attached hydrogens (primary N) is 1. The average Bonchev–Trinajstić information content (AvgIpc) is 2.47. The molecule has 1 atom stereocenters. The largest absolute Gasteiger partial charge is 0.329 e. The van der Waals surface area contributed by atoms with Gasteiger partial charge >= 0.3 is 0 Å². The van der Waals surface area contributed by atoms with Crippen LogP contribution in [0.3, 0.4) is 0 Å². The first kappa shape index (κ1) is 14.0. The number of hydrogen-bond donors (Lipinski definition) is 1. The molecule has 2 nitrogen and oxygen atoms in total. The molecular weight excluding hydrogens is 232 g/mol. The van der Waals surface area contributed by atoms with Crippen molar-refractivity contribution in [1.82, 2.24) is 4.90 Å². The lowest BCUT2D eigenvalue weighted by Gasteiger charge is -2.30. The molecule has 0 radical (unpaired) electrons. The summed E-state index contributed by atoms with van der Waals surface area (Å²) >= 11 is 0. The monoisotopic (exact) mass is 256 g/mol. The van der Waals surface area contributed by atoms with Gasteiger partial charge in [0.15, 0.2) is 0 Å². The van der Waals surface area contributed by atoms with E-state index in [0.717, 1.165) is 19.5 Å². The van der Waals surface area contributed by atoms with Crippen LogP contribution in [-0.4, -0.2) is 24.5 Å². The smallest absolute Gasteiger partial charge is 0.0470 e. The third kappa shape index (κ3) is 3.14. The van der Waals surface area contributed by atoms with Crippen molar-refractivity contribution >= 4 is 10.8 Å². The van der Waals surface area contributed by atoms with Crippen molar-refractivity contribution in [3.05, 3.63) is 48.0 Å². The van der Waals surface area contributed by atoms with Gasteiger partial charge in [0.25, 0.3) is 0 Å². The molecule has 0 saturated heterocycles. The number of rotatable bonds is 6. The lowest BCUT2D eigenvalue weighted by molar-refractivity contribution is 0.213. The van der Waals surface area contributed by atoms with Gasteiger partial charge in [0.05, 0.1) is 0 Å². The first-order valence-electron chi connectivity index (χ1n) is 7.23. The van der Waals surface area contributed by atoms with Gasteiger partial charge in [-0.1, -0.05) is 50.2 Å². The van der Waals surface area contributed by atoms with Crippen LogP contribution in [0.2, 0.25) is 0 Å². The van der Waals surface area contributed by atoms with E-state index in [1.807, 2.05) is 0 Å². The molecular formula is C17H24N2. The van der Waals surface area contributed by atoms with E-state index in [2.05, 4.69) is 61.2 Å². The number of fused-ring (bicyclic) bond motifs is 1. The lowest BCUT2D eigenvalue weighted by Crippen LogP contribution is -2.34. The predicted molar refractivity (Wildman–Crippen MR) is 83.3 cm³/mol. The quantitative estimate of drug-likeness (QED) is 0.856. The van der Waals surface area contributed by atoms with Crippen LogP contribution in [0.1, 0.15) is 31.9 Å². The predicted octanol–water partition coefficient (Wildman–Crippen LogP) is 3.57. The van der Waals surface area contributed by atoms with Crippen LogP contribution in [0.4, 0.5) is 0 Å². The highest BCUT2D eigenvalue weighted by atomic mass is 15.2. The van der Waals surface area contributed by atoms with Crippen LogP contribution in [-0.2, 0) is 0 Å². The Labute approximate surface area is 116 Å². The minimum absolute atomic E-state index is 0.328. The molecule has 0 bridgehead atoms. The number of benzene rings is 2. The molecule has 0 fully saturated rings. The molecule has 0 aliphatic heterocycles. The number of hydrogen-bond acceptors (Lipinski definition) is 2. The second-order valence-corrected chi connectivity index (χ2v) is 4.99. The molecule has 0 spiro atoms. The normalized spacial score (nSPS) is 13.1. The van der Waals surface area contributed by atoms with Crippen molar-refractivity contribution in [1.29, 1.82) is 0 Å². The standard InChI is InChI=1S/C17H24N2/c1-3-11-19(4-2)17(13-18)16-10-9-14-7-5-6-8-15(14)12-16/h5-10,12,17H,3-4,11,13,18H2,1-2H3. The van der Waals surface area contributed by atoms with Gasteiger partial charge in [-0.15, -0.1) is 0 Å². The fourth-order valence-corrected chi connectivity index (χ4v) is 2.73. The molecule has 2 aromatic rings. The maximum Gasteiger partial charge on any atom is 0.0470 e. The molecule has 2 heteroatoms. The van der Waals surface area contributed by atoms with Crippen molar-refractivity contribution in [3.63, 3.8) is 0 Å². The molecule has 1 unspecified atom stereocenters. The molecule has 0 aromatic heterocycles. The Hall–Kier alpha value is -1.38. The molecule has 0 aliphatic carbocycles. The molecule has 0 heterocycles. The first-order chi connectivity index (χ1) is 9.30. The number of likely N-dealkylation sites (N-methyl/N-ethyl adjacent to an activating group) is 1. The highest BCUT2D eigenvalue weighted by molar-refractivity contribution is 5.83. The molecule has 102 valence electrons. The van der Waals surface area contributed by atoms with Crippen LogP contribution >= 0.6 is 0 Å². The zero-order valence-corrected chi connectivity index (χ0v) is 12.0. The minimum atomic E-state index is 0.328. The molecule has 2 aromatic carbocycles. The van der Waals surface area contributed by atoms with E-state index in [0.29, 0.717) is 12.6 Å². The molecule has 0 saturated carbocycles. The number of nitrogens with zero attached hydrogens (tertiary/aromatic N) is 1. The highest BCUT2D eigenvalue weighted by Gasteiger charge is 2.16. The summed E-state index contributed by atoms with van der Waals surface area (Å²) in [6.07, 6.45) is 1.16. The Morgan fingerprint density at radius 2 is 1.79 bits per heavy atom. The molecule has 0 amide bonds. The fraction of sp³-hybridized carbons (Fsp3) is 0.412. The van der Waals surface area contributed by atoms with Gasteiger partial charge < -0.3 is 5.73 Å². The van der Waals surface area contributed by atoms with Crippen LogP contribution in [0, 0.1) is 0 Å². The summed E-state index contributed by atoms with van der Waals surface area (Å²) in [5.41, 5.74) is 7.34. The summed E-state index contributed by atoms with van der Waals surface area (Å²) in [5, 5.41) is 2.59. The van der Waals surface area contributed by atoms with Crippen molar-refractivity contribution in [2.75, 3.05) is 19.6 Å². The molecule has 2 N–H and O–H groups in total. The van der Waals surface area contributed by atoms with Crippen LogP contribution < -0.4 is 5.73 Å². The lowest BCUT2D eigenvalue weighted by atomic mass is 10.0. The SMILES string of the molecule is CCCN(CC)C(CN)c1ccc2ccccc2c1. The summed E-state index contributed by atoms with van der Waals surface area (Å²) in [7, 11) is 0. The van der Waals surface area contributed by atoms with E-state index in [-0.39, 0.29) is 0 Å². The van der Waals surface area contributed by atoms with Crippen LogP contribution in [0.25, 0.3) is 10.8 Å². The molecule has 2 rings (SSSR count). The second-order valence-electron chi connectivity index (χ2n) is 4.99. The maximum absolute atomic E-state index is 6.01. The van der Waals surface area contributed by atoms with Gasteiger partial charge in [-0.3, -0.25) is 4.90 Å². The van der Waals surface area contributed by atoms with E-state index in [4.69, 9.17) is 5.73 Å². The van der Waals surface area contributed by atoms with Crippen molar-refractivity contribution in [2.24, 2.45) is 5.73 Å². The van der Waals surface area contributed by atoms with Crippen LogP contribution in [0.5, 0.6) is 0 Å². The minimum Gasteiger partial charge on any atom is -0.329 e. The summed E-state index contributed by atoms with van der Waals surface area (Å²) in [6.45, 7) is 7.25. The van der Waals surface area contributed by atoms with Crippen molar-refractivity contribution in [3.8, 4) is 0 Å². The summed E-state index contributed by atoms with van der Waals surface area (Å²) < 4.78 is 0. The van der Waals surface area contributed by atoms with Crippen LogP contribution in [0.15, 0.2) is 42.5 Å². The van der Waals surface area contributed by atoms with E-state index in [1.165, 1.54) is 16.3 Å². The topological polar surface area (TPSA) is 29.3 Å². The van der Waals surface area contributed by atoms with Gasteiger partial charge in [0, 0.05) is 12.6 Å². The third-order valence-corrected chi connectivity index (χ3v) is 3.74. The summed E-state index contributed by atoms with van der Waals surface area (Å²) in [6, 6.07) is 15.5. The Bertz CT molecular complexity index is 521. The van der Waals surface area contributed by atoms with E-state index >= 15 is 0 Å². The fourth-order valence-electron chi connectivity index (χ4n) is 2.73. The van der Waals surface area contributed by atoms with Gasteiger partial charge in [0.1, 0.15) is 0 Å². The second kappa shape index (κ2) is 6.69. The molecule has 0 aliphatic rings. The Kier molecular flexibility index (Phi) is 4.94. The molecule has 19 heavy (non-hydrogen) atoms. The van der Waals surface area contributed by atoms with Gasteiger partial charge in [-0.05, 0) is 41.9 Å². The Morgan fingerprint density at radius 3 is 2.42 bits per heavy atom. The van der Waals surface area contributed by atoms with E-state index in [1.54, 1.807) is 0 Å². The zero-order chi connectivity index (χ0) is 13.7. The third-order valence-electron chi connectivity index (χ3n) is 3.74. The van der Waals surface area contributed by atoms with Gasteiger partial charge in [0.2, 0.25) is 0 Å². The summed E-state index contributed by atoms with van der Waals surface area (Å²) in [4.78, 5) is 2.46. The van der Waals surface area contributed by atoms with Gasteiger partial charge in [-0.2, -0.15) is 0 Å². The first-order valence-corrected chi connectivity index (χ1v) is 7.23. The highest BCUT2D eigenvalue weighted by Crippen LogP contribution is 2.24. The maximum atomic E-state index is 6.01.